The SMILES string of the molecule is CC(C)(NC(=O)Cc1ccccc1C(F)(F)F)c1ncc[nH]1. The van der Waals surface area contributed by atoms with E-state index in [0.717, 1.165) is 6.07 Å². The Labute approximate surface area is 125 Å². The van der Waals surface area contributed by atoms with Gasteiger partial charge >= 0.3 is 6.18 Å². The van der Waals surface area contributed by atoms with Crippen molar-refractivity contribution in [3.05, 3.63) is 53.6 Å². The number of benzene rings is 1. The van der Waals surface area contributed by atoms with Crippen LogP contribution in [0, 0.1) is 0 Å². The number of H-pyrrole nitrogens is 1. The molecular weight excluding hydrogens is 295 g/mol. The van der Waals surface area contributed by atoms with E-state index in [-0.39, 0.29) is 12.0 Å². The molecule has 2 aromatic rings. The summed E-state index contributed by atoms with van der Waals surface area (Å²) < 4.78 is 38.7. The van der Waals surface area contributed by atoms with Gasteiger partial charge in [-0.2, -0.15) is 13.2 Å². The van der Waals surface area contributed by atoms with Crippen LogP contribution in [-0.2, 0) is 22.9 Å². The first-order valence-electron chi connectivity index (χ1n) is 6.66. The maximum atomic E-state index is 12.9. The second-order valence-corrected chi connectivity index (χ2v) is 5.44. The topological polar surface area (TPSA) is 57.8 Å². The highest BCUT2D eigenvalue weighted by atomic mass is 19.4. The molecule has 22 heavy (non-hydrogen) atoms. The molecule has 4 nitrogen and oxygen atoms in total. The number of halogens is 3. The van der Waals surface area contributed by atoms with Gasteiger partial charge in [-0.3, -0.25) is 4.79 Å². The van der Waals surface area contributed by atoms with Gasteiger partial charge in [0.15, 0.2) is 0 Å². The monoisotopic (exact) mass is 311 g/mol. The quantitative estimate of drug-likeness (QED) is 0.912. The molecule has 2 N–H and O–H groups in total. The molecule has 0 aliphatic heterocycles. The van der Waals surface area contributed by atoms with E-state index in [0.29, 0.717) is 5.82 Å². The van der Waals surface area contributed by atoms with Crippen LogP contribution >= 0.6 is 0 Å². The highest BCUT2D eigenvalue weighted by Gasteiger charge is 2.34. The minimum atomic E-state index is -4.48. The molecule has 2 rings (SSSR count). The van der Waals surface area contributed by atoms with Gasteiger partial charge in [-0.15, -0.1) is 0 Å². The zero-order valence-electron chi connectivity index (χ0n) is 12.2. The first-order chi connectivity index (χ1) is 10.2. The van der Waals surface area contributed by atoms with E-state index in [1.165, 1.54) is 18.2 Å². The average Bonchev–Trinajstić information content (AvgIpc) is 2.91. The fourth-order valence-electron chi connectivity index (χ4n) is 2.18. The molecule has 1 heterocycles. The average molecular weight is 311 g/mol. The molecule has 118 valence electrons. The Morgan fingerprint density at radius 3 is 2.55 bits per heavy atom. The van der Waals surface area contributed by atoms with Gasteiger partial charge in [-0.25, -0.2) is 4.98 Å². The van der Waals surface area contributed by atoms with Crippen molar-refractivity contribution in [1.82, 2.24) is 15.3 Å². The second-order valence-electron chi connectivity index (χ2n) is 5.44. The smallest absolute Gasteiger partial charge is 0.347 e. The molecule has 0 radical (unpaired) electrons. The molecule has 1 aromatic heterocycles. The van der Waals surface area contributed by atoms with Crippen molar-refractivity contribution in [2.45, 2.75) is 32.0 Å². The Kier molecular flexibility index (Phi) is 4.25. The molecule has 0 spiro atoms. The molecule has 0 atom stereocenters. The van der Waals surface area contributed by atoms with Crippen LogP contribution < -0.4 is 5.32 Å². The lowest BCUT2D eigenvalue weighted by atomic mass is 10.0. The van der Waals surface area contributed by atoms with Gasteiger partial charge < -0.3 is 10.3 Å². The fourth-order valence-corrected chi connectivity index (χ4v) is 2.18. The number of amides is 1. The standard InChI is InChI=1S/C15H16F3N3O/c1-14(2,13-19-7-8-20-13)21-12(22)9-10-5-3-4-6-11(10)15(16,17)18/h3-8H,9H2,1-2H3,(H,19,20)(H,21,22). The van der Waals surface area contributed by atoms with Crippen LogP contribution in [0.5, 0.6) is 0 Å². The molecule has 0 aliphatic carbocycles. The van der Waals surface area contributed by atoms with Crippen LogP contribution in [0.25, 0.3) is 0 Å². The Bertz CT molecular complexity index is 648. The summed E-state index contributed by atoms with van der Waals surface area (Å²) in [5, 5.41) is 2.69. The van der Waals surface area contributed by atoms with E-state index in [1.807, 2.05) is 0 Å². The molecular formula is C15H16F3N3O. The maximum absolute atomic E-state index is 12.9. The number of hydrogen-bond acceptors (Lipinski definition) is 2. The molecule has 0 bridgehead atoms. The van der Waals surface area contributed by atoms with Gasteiger partial charge in [0.2, 0.25) is 5.91 Å². The van der Waals surface area contributed by atoms with Crippen LogP contribution in [0.15, 0.2) is 36.7 Å². The van der Waals surface area contributed by atoms with Gasteiger partial charge in [0.25, 0.3) is 0 Å². The lowest BCUT2D eigenvalue weighted by molar-refractivity contribution is -0.138. The summed E-state index contributed by atoms with van der Waals surface area (Å²) in [7, 11) is 0. The van der Waals surface area contributed by atoms with Gasteiger partial charge in [0.1, 0.15) is 5.82 Å². The summed E-state index contributed by atoms with van der Waals surface area (Å²) in [4.78, 5) is 19.0. The highest BCUT2D eigenvalue weighted by Crippen LogP contribution is 2.32. The van der Waals surface area contributed by atoms with E-state index >= 15 is 0 Å². The molecule has 0 fully saturated rings. The van der Waals surface area contributed by atoms with Crippen LogP contribution in [0.1, 0.15) is 30.8 Å². The van der Waals surface area contributed by atoms with Gasteiger partial charge in [0.05, 0.1) is 17.5 Å². The number of carbonyl (C=O) groups is 1. The molecule has 0 saturated heterocycles. The van der Waals surface area contributed by atoms with Crippen molar-refractivity contribution in [3.63, 3.8) is 0 Å². The van der Waals surface area contributed by atoms with Gasteiger partial charge in [-0.1, -0.05) is 18.2 Å². The van der Waals surface area contributed by atoms with E-state index < -0.39 is 23.2 Å². The number of imidazole rings is 1. The Morgan fingerprint density at radius 1 is 1.27 bits per heavy atom. The molecule has 1 aromatic carbocycles. The second kappa shape index (κ2) is 5.82. The van der Waals surface area contributed by atoms with Crippen molar-refractivity contribution in [3.8, 4) is 0 Å². The third-order valence-electron chi connectivity index (χ3n) is 3.22. The summed E-state index contributed by atoms with van der Waals surface area (Å²) in [5.74, 6) is 0.0306. The van der Waals surface area contributed by atoms with Crippen molar-refractivity contribution in [1.29, 1.82) is 0 Å². The van der Waals surface area contributed by atoms with E-state index in [1.54, 1.807) is 26.2 Å². The molecule has 7 heteroatoms. The third-order valence-corrected chi connectivity index (χ3v) is 3.22. The molecule has 0 unspecified atom stereocenters. The minimum Gasteiger partial charge on any atom is -0.347 e. The van der Waals surface area contributed by atoms with E-state index in [2.05, 4.69) is 15.3 Å². The fraction of sp³-hybridized carbons (Fsp3) is 0.333. The van der Waals surface area contributed by atoms with Crippen LogP contribution in [-0.4, -0.2) is 15.9 Å². The summed E-state index contributed by atoms with van der Waals surface area (Å²) in [6, 6.07) is 5.06. The van der Waals surface area contributed by atoms with Crippen LogP contribution in [0.3, 0.4) is 0 Å². The predicted octanol–water partition coefficient (Wildman–Crippen LogP) is 3.02. The number of rotatable bonds is 4. The normalized spacial score (nSPS) is 12.2. The zero-order chi connectivity index (χ0) is 16.4. The summed E-state index contributed by atoms with van der Waals surface area (Å²) >= 11 is 0. The lowest BCUT2D eigenvalue weighted by Gasteiger charge is -2.24. The number of alkyl halides is 3. The van der Waals surface area contributed by atoms with Crippen LogP contribution in [0.4, 0.5) is 13.2 Å². The summed E-state index contributed by atoms with van der Waals surface area (Å²) in [5.41, 5.74) is -1.64. The molecule has 0 aliphatic rings. The van der Waals surface area contributed by atoms with Crippen LogP contribution in [0.2, 0.25) is 0 Å². The Hall–Kier alpha value is -2.31. The Morgan fingerprint density at radius 2 is 1.95 bits per heavy atom. The zero-order valence-corrected chi connectivity index (χ0v) is 12.2. The van der Waals surface area contributed by atoms with Crippen molar-refractivity contribution in [2.75, 3.05) is 0 Å². The number of nitrogens with zero attached hydrogens (tertiary/aromatic N) is 1. The third kappa shape index (κ3) is 3.66. The van der Waals surface area contributed by atoms with E-state index in [9.17, 15) is 18.0 Å². The molecule has 0 saturated carbocycles. The minimum absolute atomic E-state index is 0.0530. The largest absolute Gasteiger partial charge is 0.416 e. The number of aromatic nitrogens is 2. The Balaban J connectivity index is 2.14. The first kappa shape index (κ1) is 16.1. The van der Waals surface area contributed by atoms with Gasteiger partial charge in [0, 0.05) is 12.4 Å². The van der Waals surface area contributed by atoms with Crippen molar-refractivity contribution in [2.24, 2.45) is 0 Å². The number of nitrogens with one attached hydrogen (secondary N) is 2. The maximum Gasteiger partial charge on any atom is 0.416 e. The van der Waals surface area contributed by atoms with Crippen molar-refractivity contribution >= 4 is 5.91 Å². The van der Waals surface area contributed by atoms with E-state index in [4.69, 9.17) is 0 Å². The highest BCUT2D eigenvalue weighted by molar-refractivity contribution is 5.79. The number of carbonyl (C=O) groups excluding carboxylic acids is 1. The molecule has 1 amide bonds. The summed E-state index contributed by atoms with van der Waals surface area (Å²) in [6.07, 6.45) is -1.67. The van der Waals surface area contributed by atoms with Gasteiger partial charge in [-0.05, 0) is 25.5 Å². The first-order valence-corrected chi connectivity index (χ1v) is 6.66. The predicted molar refractivity (Wildman–Crippen MR) is 74.9 cm³/mol. The number of hydrogen-bond donors (Lipinski definition) is 2. The lowest BCUT2D eigenvalue weighted by Crippen LogP contribution is -2.42. The summed E-state index contributed by atoms with van der Waals surface area (Å²) in [6.45, 7) is 3.44. The van der Waals surface area contributed by atoms with Crippen molar-refractivity contribution < 1.29 is 18.0 Å². The number of aromatic amines is 1.